The van der Waals surface area contributed by atoms with Gasteiger partial charge in [0.05, 0.1) is 28.5 Å². The zero-order chi connectivity index (χ0) is 30.1. The number of hydrogen-bond donors (Lipinski definition) is 1. The molecule has 0 saturated carbocycles. The predicted octanol–water partition coefficient (Wildman–Crippen LogP) is 5.90. The quantitative estimate of drug-likeness (QED) is 0.285. The van der Waals surface area contributed by atoms with Gasteiger partial charge in [0.1, 0.15) is 24.0 Å². The smallest absolute Gasteiger partial charge is 0.240 e. The fourth-order valence-corrected chi connectivity index (χ4v) is 6.95. The van der Waals surface area contributed by atoms with E-state index in [9.17, 15) is 14.0 Å². The van der Waals surface area contributed by atoms with Gasteiger partial charge in [-0.3, -0.25) is 14.5 Å². The number of halogens is 2. The van der Waals surface area contributed by atoms with Crippen molar-refractivity contribution in [2.24, 2.45) is 0 Å². The minimum absolute atomic E-state index is 0.0176. The van der Waals surface area contributed by atoms with Crippen LogP contribution < -0.4 is 10.2 Å². The summed E-state index contributed by atoms with van der Waals surface area (Å²) in [6.07, 6.45) is 1.77. The van der Waals surface area contributed by atoms with Gasteiger partial charge in [-0.2, -0.15) is 5.10 Å². The van der Waals surface area contributed by atoms with E-state index < -0.39 is 16.9 Å². The zero-order valence-electron chi connectivity index (χ0n) is 24.0. The highest BCUT2D eigenvalue weighted by molar-refractivity contribution is 8.00. The predicted molar refractivity (Wildman–Crippen MR) is 163 cm³/mol. The van der Waals surface area contributed by atoms with E-state index in [1.165, 1.54) is 28.8 Å². The number of rotatable bonds is 7. The number of benzene rings is 3. The summed E-state index contributed by atoms with van der Waals surface area (Å²) in [7, 11) is 0. The fraction of sp³-hybridized carbons (Fsp3) is 0.303. The molecule has 3 heterocycles. The van der Waals surface area contributed by atoms with Gasteiger partial charge in [0, 0.05) is 35.9 Å². The number of hydrogen-bond acceptors (Lipinski definition) is 5. The minimum atomic E-state index is -0.711. The molecule has 1 saturated heterocycles. The lowest BCUT2D eigenvalue weighted by molar-refractivity contribution is -0.123. The third-order valence-electron chi connectivity index (χ3n) is 7.81. The number of carbonyl (C=O) groups is 2. The van der Waals surface area contributed by atoms with Gasteiger partial charge >= 0.3 is 0 Å². The lowest BCUT2D eigenvalue weighted by Crippen LogP contribution is -2.44. The fourth-order valence-electron chi connectivity index (χ4n) is 5.73. The highest BCUT2D eigenvalue weighted by Crippen LogP contribution is 2.49. The van der Waals surface area contributed by atoms with Crippen LogP contribution in [0.2, 0.25) is 0 Å². The molecule has 1 N–H and O–H groups in total. The van der Waals surface area contributed by atoms with Crippen molar-refractivity contribution in [3.05, 3.63) is 101 Å². The van der Waals surface area contributed by atoms with E-state index in [0.717, 1.165) is 41.3 Å². The van der Waals surface area contributed by atoms with Crippen molar-refractivity contribution >= 4 is 29.4 Å². The number of aryl methyl sites for hydroxylation is 2. The van der Waals surface area contributed by atoms with E-state index in [4.69, 9.17) is 9.84 Å². The van der Waals surface area contributed by atoms with Crippen molar-refractivity contribution in [2.45, 2.75) is 38.0 Å². The van der Waals surface area contributed by atoms with Gasteiger partial charge in [0.2, 0.25) is 11.8 Å². The van der Waals surface area contributed by atoms with Crippen molar-refractivity contribution in [1.82, 2.24) is 15.1 Å². The van der Waals surface area contributed by atoms with E-state index in [2.05, 4.69) is 5.32 Å². The number of aromatic nitrogens is 2. The molecule has 7 nitrogen and oxygen atoms in total. The first-order chi connectivity index (χ1) is 20.8. The Labute approximate surface area is 253 Å². The standard InChI is InChI=1S/C33H32F2N4O3S/c1-20-10-13-27(21(2)15-20)39-33-30(31(37-39)22-7-4-3-5-8-22)32(25-12-11-23(34)16-26(25)35)43-19-29(41)38(33)18-28(40)36-17-24-9-6-14-42-24/h3-5,7-8,10-13,15-16,24,32H,6,9,14,17-19H2,1-2H3,(H,36,40)/t24-,32+/m0/s1. The molecule has 0 unspecified atom stereocenters. The van der Waals surface area contributed by atoms with Crippen molar-refractivity contribution < 1.29 is 23.1 Å². The van der Waals surface area contributed by atoms with Gasteiger partial charge in [-0.05, 0) is 44.4 Å². The lowest BCUT2D eigenvalue weighted by atomic mass is 9.99. The van der Waals surface area contributed by atoms with Crippen LogP contribution in [0.1, 0.15) is 40.3 Å². The monoisotopic (exact) mass is 602 g/mol. The van der Waals surface area contributed by atoms with Crippen LogP contribution >= 0.6 is 11.8 Å². The molecule has 4 aromatic rings. The third kappa shape index (κ3) is 5.94. The summed E-state index contributed by atoms with van der Waals surface area (Å²) in [5, 5.41) is 7.27. The molecule has 6 rings (SSSR count). The van der Waals surface area contributed by atoms with Gasteiger partial charge in [-0.15, -0.1) is 11.8 Å². The molecule has 2 aliphatic heterocycles. The molecule has 2 atom stereocenters. The van der Waals surface area contributed by atoms with E-state index in [-0.39, 0.29) is 35.8 Å². The van der Waals surface area contributed by atoms with Crippen LogP contribution in [-0.4, -0.2) is 53.1 Å². The summed E-state index contributed by atoms with van der Waals surface area (Å²) in [5.41, 5.74) is 4.85. The number of nitrogens with one attached hydrogen (secondary N) is 1. The summed E-state index contributed by atoms with van der Waals surface area (Å²) >= 11 is 1.24. The molecule has 10 heteroatoms. The first kappa shape index (κ1) is 29.1. The van der Waals surface area contributed by atoms with Crippen molar-refractivity contribution in [3.63, 3.8) is 0 Å². The Kier molecular flexibility index (Phi) is 8.32. The van der Waals surface area contributed by atoms with Crippen molar-refractivity contribution in [3.8, 4) is 16.9 Å². The van der Waals surface area contributed by atoms with Gasteiger partial charge in [-0.1, -0.05) is 54.1 Å². The average Bonchev–Trinajstić information content (AvgIpc) is 3.62. The Balaban J connectivity index is 1.55. The Morgan fingerprint density at radius 3 is 2.63 bits per heavy atom. The summed E-state index contributed by atoms with van der Waals surface area (Å²) in [4.78, 5) is 28.6. The summed E-state index contributed by atoms with van der Waals surface area (Å²) in [6, 6.07) is 18.9. The maximum Gasteiger partial charge on any atom is 0.240 e. The van der Waals surface area contributed by atoms with E-state index in [1.54, 1.807) is 4.68 Å². The first-order valence-electron chi connectivity index (χ1n) is 14.3. The van der Waals surface area contributed by atoms with E-state index >= 15 is 4.39 Å². The van der Waals surface area contributed by atoms with Crippen LogP contribution in [0.25, 0.3) is 16.9 Å². The second kappa shape index (κ2) is 12.3. The van der Waals surface area contributed by atoms with Gasteiger partial charge < -0.3 is 10.1 Å². The topological polar surface area (TPSA) is 76.5 Å². The summed E-state index contributed by atoms with van der Waals surface area (Å²) in [6.45, 7) is 4.74. The van der Waals surface area contributed by atoms with Crippen LogP contribution in [0.5, 0.6) is 0 Å². The van der Waals surface area contributed by atoms with Crippen LogP contribution in [0, 0.1) is 25.5 Å². The number of fused-ring (bicyclic) bond motifs is 1. The maximum atomic E-state index is 15.4. The van der Waals surface area contributed by atoms with Gasteiger partial charge in [0.25, 0.3) is 0 Å². The molecule has 0 radical (unpaired) electrons. The molecule has 1 aromatic heterocycles. The van der Waals surface area contributed by atoms with Crippen molar-refractivity contribution in [1.29, 1.82) is 0 Å². The molecule has 1 fully saturated rings. The molecule has 3 aromatic carbocycles. The Morgan fingerprint density at radius 2 is 1.91 bits per heavy atom. The van der Waals surface area contributed by atoms with Crippen molar-refractivity contribution in [2.75, 3.05) is 30.3 Å². The largest absolute Gasteiger partial charge is 0.376 e. The Hall–Kier alpha value is -4.02. The lowest BCUT2D eigenvalue weighted by Gasteiger charge is -2.24. The second-order valence-corrected chi connectivity index (χ2v) is 12.0. The van der Waals surface area contributed by atoms with Crippen LogP contribution in [0.4, 0.5) is 14.6 Å². The highest BCUT2D eigenvalue weighted by Gasteiger charge is 2.39. The molecular formula is C33H32F2N4O3S. The number of nitrogens with zero attached hydrogens (tertiary/aromatic N) is 3. The van der Waals surface area contributed by atoms with Gasteiger partial charge in [0.15, 0.2) is 0 Å². The molecule has 2 aliphatic rings. The van der Waals surface area contributed by atoms with Crippen LogP contribution in [0.15, 0.2) is 66.7 Å². The minimum Gasteiger partial charge on any atom is -0.376 e. The van der Waals surface area contributed by atoms with E-state index in [0.29, 0.717) is 30.2 Å². The zero-order valence-corrected chi connectivity index (χ0v) is 24.8. The number of anilines is 1. The van der Waals surface area contributed by atoms with Crippen LogP contribution in [-0.2, 0) is 14.3 Å². The molecule has 0 bridgehead atoms. The molecular weight excluding hydrogens is 570 g/mol. The van der Waals surface area contributed by atoms with Crippen LogP contribution in [0.3, 0.4) is 0 Å². The molecule has 0 spiro atoms. The summed E-state index contributed by atoms with van der Waals surface area (Å²) in [5.74, 6) is -1.67. The molecule has 2 amide bonds. The average molecular weight is 603 g/mol. The maximum absolute atomic E-state index is 15.4. The normalized spacial score (nSPS) is 18.4. The van der Waals surface area contributed by atoms with E-state index in [1.807, 2.05) is 62.4 Å². The SMILES string of the molecule is Cc1ccc(-n2nc(-c3ccccc3)c3c2N(CC(=O)NC[C@@H]2CCCO2)C(=O)CS[C@@H]3c2ccc(F)cc2F)c(C)c1. The van der Waals surface area contributed by atoms with Gasteiger partial charge in [-0.25, -0.2) is 13.5 Å². The Morgan fingerprint density at radius 1 is 1.09 bits per heavy atom. The summed E-state index contributed by atoms with van der Waals surface area (Å²) < 4.78 is 36.8. The first-order valence-corrected chi connectivity index (χ1v) is 15.4. The number of amides is 2. The number of carbonyl (C=O) groups excluding carboxylic acids is 2. The third-order valence-corrected chi connectivity index (χ3v) is 9.05. The number of thioether (sulfide) groups is 1. The second-order valence-electron chi connectivity index (χ2n) is 10.9. The molecule has 0 aliphatic carbocycles. The Bertz CT molecular complexity index is 1670. The highest BCUT2D eigenvalue weighted by atomic mass is 32.2. The molecule has 43 heavy (non-hydrogen) atoms. The molecule has 222 valence electrons. The number of ether oxygens (including phenoxy) is 1.